The molecule has 0 aromatic carbocycles. The van der Waals surface area contributed by atoms with Gasteiger partial charge in [-0.05, 0) is 35.8 Å². The summed E-state index contributed by atoms with van der Waals surface area (Å²) < 4.78 is 26.6. The van der Waals surface area contributed by atoms with Crippen LogP contribution in [0, 0.1) is 5.92 Å². The molecule has 0 radical (unpaired) electrons. The van der Waals surface area contributed by atoms with E-state index in [0.29, 0.717) is 22.6 Å². The summed E-state index contributed by atoms with van der Waals surface area (Å²) in [4.78, 5) is 0. The number of thiophene rings is 1. The van der Waals surface area contributed by atoms with Crippen LogP contribution in [0.5, 0.6) is 0 Å². The second kappa shape index (κ2) is 5.90. The molecule has 18 heavy (non-hydrogen) atoms. The van der Waals surface area contributed by atoms with E-state index in [-0.39, 0.29) is 0 Å². The van der Waals surface area contributed by atoms with Gasteiger partial charge in [-0.1, -0.05) is 12.8 Å². The molecule has 1 aliphatic rings. The molecule has 1 saturated carbocycles. The zero-order valence-corrected chi connectivity index (χ0v) is 12.8. The van der Waals surface area contributed by atoms with Crippen molar-refractivity contribution in [3.05, 3.63) is 17.0 Å². The first-order chi connectivity index (χ1) is 8.54. The minimum absolute atomic E-state index is 0.359. The predicted molar refractivity (Wildman–Crippen MR) is 75.6 cm³/mol. The van der Waals surface area contributed by atoms with Crippen LogP contribution < -0.4 is 0 Å². The first kappa shape index (κ1) is 14.3. The van der Waals surface area contributed by atoms with E-state index in [1.54, 1.807) is 13.1 Å². The van der Waals surface area contributed by atoms with Crippen molar-refractivity contribution >= 4 is 33.0 Å². The van der Waals surface area contributed by atoms with Gasteiger partial charge in [-0.15, -0.1) is 22.9 Å². The Morgan fingerprint density at radius 3 is 2.67 bits per heavy atom. The van der Waals surface area contributed by atoms with Gasteiger partial charge in [0.15, 0.2) is 0 Å². The van der Waals surface area contributed by atoms with E-state index >= 15 is 0 Å². The van der Waals surface area contributed by atoms with Crippen LogP contribution in [0.3, 0.4) is 0 Å². The van der Waals surface area contributed by atoms with Crippen LogP contribution in [0.1, 0.15) is 31.2 Å². The van der Waals surface area contributed by atoms with E-state index in [1.807, 2.05) is 5.38 Å². The highest BCUT2D eigenvalue weighted by molar-refractivity contribution is 7.91. The van der Waals surface area contributed by atoms with Gasteiger partial charge in [0.2, 0.25) is 0 Å². The van der Waals surface area contributed by atoms with Gasteiger partial charge in [0, 0.05) is 19.5 Å². The molecule has 1 aliphatic carbocycles. The summed E-state index contributed by atoms with van der Waals surface area (Å²) in [6.07, 6.45) is 4.76. The Morgan fingerprint density at radius 2 is 2.11 bits per heavy atom. The van der Waals surface area contributed by atoms with Crippen molar-refractivity contribution in [1.82, 2.24) is 4.31 Å². The summed E-state index contributed by atoms with van der Waals surface area (Å²) in [7, 11) is -1.65. The predicted octanol–water partition coefficient (Wildman–Crippen LogP) is 3.30. The van der Waals surface area contributed by atoms with Crippen molar-refractivity contribution in [2.45, 2.75) is 35.8 Å². The van der Waals surface area contributed by atoms with Gasteiger partial charge >= 0.3 is 0 Å². The standard InChI is InChI=1S/C12H18ClNO2S2/c1-14(8-10-4-2-3-5-10)18(15,16)12-6-11(7-13)9-17-12/h6,9-10H,2-5,7-8H2,1H3. The normalized spacial score (nSPS) is 17.7. The molecule has 0 amide bonds. The molecule has 1 heterocycles. The maximum absolute atomic E-state index is 12.3. The lowest BCUT2D eigenvalue weighted by Crippen LogP contribution is -2.30. The molecule has 1 fully saturated rings. The monoisotopic (exact) mass is 307 g/mol. The highest BCUT2D eigenvalue weighted by Gasteiger charge is 2.26. The summed E-state index contributed by atoms with van der Waals surface area (Å²) >= 11 is 6.96. The van der Waals surface area contributed by atoms with Crippen LogP contribution in [0.15, 0.2) is 15.7 Å². The summed E-state index contributed by atoms with van der Waals surface area (Å²) in [5.74, 6) is 0.885. The maximum Gasteiger partial charge on any atom is 0.252 e. The molecule has 0 aliphatic heterocycles. The van der Waals surface area contributed by atoms with Crippen LogP contribution in [-0.4, -0.2) is 26.3 Å². The second-order valence-electron chi connectivity index (χ2n) is 4.84. The number of nitrogens with zero attached hydrogens (tertiary/aromatic N) is 1. The van der Waals surface area contributed by atoms with E-state index in [4.69, 9.17) is 11.6 Å². The molecule has 0 bridgehead atoms. The Bertz CT molecular complexity index is 492. The van der Waals surface area contributed by atoms with Crippen LogP contribution >= 0.6 is 22.9 Å². The van der Waals surface area contributed by atoms with Gasteiger partial charge < -0.3 is 0 Å². The number of halogens is 1. The minimum atomic E-state index is -3.32. The van der Waals surface area contributed by atoms with Gasteiger partial charge in [-0.25, -0.2) is 8.42 Å². The molecule has 102 valence electrons. The number of rotatable bonds is 5. The first-order valence-corrected chi connectivity index (χ1v) is 8.99. The topological polar surface area (TPSA) is 37.4 Å². The van der Waals surface area contributed by atoms with Gasteiger partial charge in [-0.2, -0.15) is 4.31 Å². The number of hydrogen-bond acceptors (Lipinski definition) is 3. The highest BCUT2D eigenvalue weighted by atomic mass is 35.5. The molecule has 6 heteroatoms. The van der Waals surface area contributed by atoms with Crippen molar-refractivity contribution in [2.24, 2.45) is 5.92 Å². The lowest BCUT2D eigenvalue weighted by atomic mass is 10.1. The van der Waals surface area contributed by atoms with Crippen LogP contribution in [0.25, 0.3) is 0 Å². The summed E-state index contributed by atoms with van der Waals surface area (Å²) in [6.45, 7) is 0.635. The molecule has 0 N–H and O–H groups in total. The van der Waals surface area contributed by atoms with E-state index in [2.05, 4.69) is 0 Å². The average Bonchev–Trinajstić information content (AvgIpc) is 2.99. The SMILES string of the molecule is CN(CC1CCCC1)S(=O)(=O)c1cc(CCl)cs1. The van der Waals surface area contributed by atoms with Gasteiger partial charge in [-0.3, -0.25) is 0 Å². The minimum Gasteiger partial charge on any atom is -0.206 e. The quantitative estimate of drug-likeness (QED) is 0.783. The smallest absolute Gasteiger partial charge is 0.206 e. The first-order valence-electron chi connectivity index (χ1n) is 6.13. The van der Waals surface area contributed by atoms with Crippen molar-refractivity contribution in [3.8, 4) is 0 Å². The third-order valence-electron chi connectivity index (χ3n) is 3.44. The molecule has 0 saturated heterocycles. The van der Waals surface area contributed by atoms with Crippen molar-refractivity contribution < 1.29 is 8.42 Å². The number of hydrogen-bond donors (Lipinski definition) is 0. The molecule has 1 aromatic rings. The fourth-order valence-corrected chi connectivity index (χ4v) is 5.28. The molecular formula is C12H18ClNO2S2. The molecule has 0 unspecified atom stereocenters. The second-order valence-corrected chi connectivity index (χ2v) is 8.29. The fraction of sp³-hybridized carbons (Fsp3) is 0.667. The van der Waals surface area contributed by atoms with Gasteiger partial charge in [0.1, 0.15) is 4.21 Å². The third kappa shape index (κ3) is 3.07. The molecule has 1 aromatic heterocycles. The lowest BCUT2D eigenvalue weighted by Gasteiger charge is -2.19. The lowest BCUT2D eigenvalue weighted by molar-refractivity contribution is 0.388. The average molecular weight is 308 g/mol. The summed E-state index contributed by atoms with van der Waals surface area (Å²) in [5.41, 5.74) is 0.870. The molecule has 0 spiro atoms. The van der Waals surface area contributed by atoms with E-state index in [9.17, 15) is 8.42 Å². The Morgan fingerprint density at radius 1 is 1.44 bits per heavy atom. The van der Waals surface area contributed by atoms with E-state index < -0.39 is 10.0 Å². The zero-order chi connectivity index (χ0) is 13.2. The van der Waals surface area contributed by atoms with E-state index in [0.717, 1.165) is 18.4 Å². The summed E-state index contributed by atoms with van der Waals surface area (Å²) in [5, 5.41) is 1.81. The van der Waals surface area contributed by atoms with Crippen LogP contribution in [0.4, 0.5) is 0 Å². The molecule has 2 rings (SSSR count). The van der Waals surface area contributed by atoms with Crippen molar-refractivity contribution in [3.63, 3.8) is 0 Å². The Labute approximate surface area is 118 Å². The number of sulfonamides is 1. The zero-order valence-electron chi connectivity index (χ0n) is 10.4. The Balaban J connectivity index is 2.09. The fourth-order valence-electron chi connectivity index (χ4n) is 2.37. The third-order valence-corrected chi connectivity index (χ3v) is 7.03. The largest absolute Gasteiger partial charge is 0.252 e. The van der Waals surface area contributed by atoms with Gasteiger partial charge in [0.25, 0.3) is 10.0 Å². The maximum atomic E-state index is 12.3. The highest BCUT2D eigenvalue weighted by Crippen LogP contribution is 2.29. The van der Waals surface area contributed by atoms with Gasteiger partial charge in [0.05, 0.1) is 0 Å². The molecular weight excluding hydrogens is 290 g/mol. The Hall–Kier alpha value is -0.100. The summed E-state index contributed by atoms with van der Waals surface area (Å²) in [6, 6.07) is 1.68. The number of alkyl halides is 1. The Kier molecular flexibility index (Phi) is 4.69. The van der Waals surface area contributed by atoms with E-state index in [1.165, 1.54) is 28.5 Å². The van der Waals surface area contributed by atoms with Crippen molar-refractivity contribution in [1.29, 1.82) is 0 Å². The van der Waals surface area contributed by atoms with Crippen LogP contribution in [0.2, 0.25) is 0 Å². The molecule has 0 atom stereocenters. The molecule has 3 nitrogen and oxygen atoms in total. The van der Waals surface area contributed by atoms with Crippen molar-refractivity contribution in [2.75, 3.05) is 13.6 Å². The van der Waals surface area contributed by atoms with Crippen LogP contribution in [-0.2, 0) is 15.9 Å².